The molecule has 0 aliphatic rings. The molecular formula is C18H17NO2. The van der Waals surface area contributed by atoms with Gasteiger partial charge in [-0.2, -0.15) is 0 Å². The van der Waals surface area contributed by atoms with Crippen molar-refractivity contribution < 1.29 is 9.90 Å². The summed E-state index contributed by atoms with van der Waals surface area (Å²) in [7, 11) is 0. The van der Waals surface area contributed by atoms with Gasteiger partial charge in [0.05, 0.1) is 12.2 Å². The zero-order chi connectivity index (χ0) is 15.1. The van der Waals surface area contributed by atoms with Crippen molar-refractivity contribution in [1.29, 1.82) is 0 Å². The van der Waals surface area contributed by atoms with Crippen molar-refractivity contribution in [3.63, 3.8) is 0 Å². The van der Waals surface area contributed by atoms with E-state index in [-0.39, 0.29) is 12.5 Å². The number of anilines is 1. The van der Waals surface area contributed by atoms with E-state index in [2.05, 4.69) is 17.2 Å². The molecule has 0 heterocycles. The monoisotopic (exact) mass is 279 g/mol. The number of amides is 1. The van der Waals surface area contributed by atoms with Crippen LogP contribution in [0.3, 0.4) is 0 Å². The number of hydrogen-bond acceptors (Lipinski definition) is 2. The normalized spacial score (nSPS) is 9.62. The van der Waals surface area contributed by atoms with Crippen molar-refractivity contribution in [3.05, 3.63) is 65.2 Å². The Morgan fingerprint density at radius 2 is 2.00 bits per heavy atom. The highest BCUT2D eigenvalue weighted by molar-refractivity contribution is 6.06. The standard InChI is InChI=1S/C18H17NO2/c1-14-7-6-10-16(13-14)19-18(21)17-11-3-2-8-15(17)9-4-5-12-20/h2-3,6-8,10-11,13,20H,5,12H2,1H3,(H,19,21). The van der Waals surface area contributed by atoms with Crippen LogP contribution in [-0.4, -0.2) is 17.6 Å². The molecule has 106 valence electrons. The van der Waals surface area contributed by atoms with Gasteiger partial charge >= 0.3 is 0 Å². The third kappa shape index (κ3) is 4.20. The second-order valence-corrected chi connectivity index (χ2v) is 4.64. The largest absolute Gasteiger partial charge is 0.395 e. The van der Waals surface area contributed by atoms with Crippen LogP contribution < -0.4 is 5.32 Å². The Morgan fingerprint density at radius 3 is 2.76 bits per heavy atom. The first-order valence-electron chi connectivity index (χ1n) is 6.77. The van der Waals surface area contributed by atoms with E-state index >= 15 is 0 Å². The van der Waals surface area contributed by atoms with Crippen LogP contribution in [0.5, 0.6) is 0 Å². The Bertz CT molecular complexity index is 696. The minimum atomic E-state index is -0.186. The Labute approximate surface area is 124 Å². The number of benzene rings is 2. The molecule has 2 rings (SSSR count). The fourth-order valence-electron chi connectivity index (χ4n) is 1.92. The van der Waals surface area contributed by atoms with E-state index in [1.54, 1.807) is 12.1 Å². The molecule has 0 aromatic heterocycles. The Hall–Kier alpha value is -2.57. The van der Waals surface area contributed by atoms with Crippen LogP contribution in [0.2, 0.25) is 0 Å². The summed E-state index contributed by atoms with van der Waals surface area (Å²) in [6.45, 7) is 1.99. The maximum atomic E-state index is 12.4. The molecule has 1 amide bonds. The molecule has 0 unspecified atom stereocenters. The van der Waals surface area contributed by atoms with Crippen LogP contribution in [-0.2, 0) is 0 Å². The number of rotatable bonds is 3. The van der Waals surface area contributed by atoms with Gasteiger partial charge in [0.15, 0.2) is 0 Å². The summed E-state index contributed by atoms with van der Waals surface area (Å²) in [5.74, 6) is 5.58. The molecule has 0 bridgehead atoms. The van der Waals surface area contributed by atoms with Crippen molar-refractivity contribution >= 4 is 11.6 Å². The minimum Gasteiger partial charge on any atom is -0.395 e. The first kappa shape index (κ1) is 14.8. The summed E-state index contributed by atoms with van der Waals surface area (Å²) >= 11 is 0. The van der Waals surface area contributed by atoms with Crippen LogP contribution in [0.25, 0.3) is 0 Å². The summed E-state index contributed by atoms with van der Waals surface area (Å²) in [4.78, 5) is 12.4. The average molecular weight is 279 g/mol. The smallest absolute Gasteiger partial charge is 0.256 e. The fraction of sp³-hybridized carbons (Fsp3) is 0.167. The number of carbonyl (C=O) groups excluding carboxylic acids is 1. The van der Waals surface area contributed by atoms with Gasteiger partial charge in [-0.05, 0) is 36.8 Å². The van der Waals surface area contributed by atoms with Crippen LogP contribution in [0, 0.1) is 18.8 Å². The van der Waals surface area contributed by atoms with Crippen LogP contribution in [0.1, 0.15) is 27.9 Å². The zero-order valence-corrected chi connectivity index (χ0v) is 11.9. The molecule has 0 radical (unpaired) electrons. The van der Waals surface area contributed by atoms with E-state index in [1.807, 2.05) is 43.3 Å². The molecular weight excluding hydrogens is 262 g/mol. The highest BCUT2D eigenvalue weighted by atomic mass is 16.2. The van der Waals surface area contributed by atoms with Crippen molar-refractivity contribution in [1.82, 2.24) is 0 Å². The van der Waals surface area contributed by atoms with Crippen molar-refractivity contribution in [2.45, 2.75) is 13.3 Å². The highest BCUT2D eigenvalue weighted by Gasteiger charge is 2.09. The molecule has 0 fully saturated rings. The Balaban J connectivity index is 2.22. The van der Waals surface area contributed by atoms with Crippen LogP contribution >= 0.6 is 0 Å². The molecule has 3 heteroatoms. The van der Waals surface area contributed by atoms with Crippen molar-refractivity contribution in [3.8, 4) is 11.8 Å². The minimum absolute atomic E-state index is 0.0185. The summed E-state index contributed by atoms with van der Waals surface area (Å²) in [5.41, 5.74) is 3.04. The van der Waals surface area contributed by atoms with E-state index in [1.165, 1.54) is 0 Å². The molecule has 0 saturated carbocycles. The average Bonchev–Trinajstić information content (AvgIpc) is 2.48. The third-order valence-corrected chi connectivity index (χ3v) is 2.91. The second kappa shape index (κ2) is 7.28. The van der Waals surface area contributed by atoms with Gasteiger partial charge in [0.1, 0.15) is 0 Å². The Morgan fingerprint density at radius 1 is 1.19 bits per heavy atom. The number of carbonyl (C=O) groups is 1. The molecule has 3 nitrogen and oxygen atoms in total. The lowest BCUT2D eigenvalue weighted by Gasteiger charge is -2.07. The number of aliphatic hydroxyl groups is 1. The van der Waals surface area contributed by atoms with Gasteiger partial charge in [0.25, 0.3) is 5.91 Å². The quantitative estimate of drug-likeness (QED) is 0.849. The molecule has 0 saturated heterocycles. The molecule has 2 N–H and O–H groups in total. The SMILES string of the molecule is Cc1cccc(NC(=O)c2ccccc2C#CCCO)c1. The predicted octanol–water partition coefficient (Wildman–Crippen LogP) is 2.98. The highest BCUT2D eigenvalue weighted by Crippen LogP contribution is 2.13. The lowest BCUT2D eigenvalue weighted by atomic mass is 10.1. The van der Waals surface area contributed by atoms with Gasteiger partial charge in [-0.1, -0.05) is 36.1 Å². The van der Waals surface area contributed by atoms with Crippen LogP contribution in [0.4, 0.5) is 5.69 Å². The van der Waals surface area contributed by atoms with Gasteiger partial charge in [-0.25, -0.2) is 0 Å². The predicted molar refractivity (Wildman–Crippen MR) is 84.2 cm³/mol. The van der Waals surface area contributed by atoms with E-state index in [0.717, 1.165) is 11.3 Å². The maximum Gasteiger partial charge on any atom is 0.256 e. The van der Waals surface area contributed by atoms with E-state index in [4.69, 9.17) is 5.11 Å². The molecule has 2 aromatic rings. The van der Waals surface area contributed by atoms with Crippen molar-refractivity contribution in [2.24, 2.45) is 0 Å². The Kier molecular flexibility index (Phi) is 5.14. The second-order valence-electron chi connectivity index (χ2n) is 4.64. The third-order valence-electron chi connectivity index (χ3n) is 2.91. The zero-order valence-electron chi connectivity index (χ0n) is 11.9. The van der Waals surface area contributed by atoms with Gasteiger partial charge in [0.2, 0.25) is 0 Å². The van der Waals surface area contributed by atoms with E-state index < -0.39 is 0 Å². The summed E-state index contributed by atoms with van der Waals surface area (Å²) in [6.07, 6.45) is 0.397. The summed E-state index contributed by atoms with van der Waals surface area (Å²) < 4.78 is 0. The molecule has 0 atom stereocenters. The lowest BCUT2D eigenvalue weighted by Crippen LogP contribution is -2.13. The molecule has 0 aliphatic heterocycles. The maximum absolute atomic E-state index is 12.4. The molecule has 2 aromatic carbocycles. The number of nitrogens with one attached hydrogen (secondary N) is 1. The first-order valence-corrected chi connectivity index (χ1v) is 6.77. The number of aryl methyl sites for hydroxylation is 1. The van der Waals surface area contributed by atoms with Crippen LogP contribution in [0.15, 0.2) is 48.5 Å². The van der Waals surface area contributed by atoms with E-state index in [9.17, 15) is 4.79 Å². The van der Waals surface area contributed by atoms with E-state index in [0.29, 0.717) is 17.5 Å². The molecule has 0 aliphatic carbocycles. The van der Waals surface area contributed by atoms with Crippen molar-refractivity contribution in [2.75, 3.05) is 11.9 Å². The number of hydrogen-bond donors (Lipinski definition) is 2. The summed E-state index contributed by atoms with van der Waals surface area (Å²) in [5, 5.41) is 11.6. The van der Waals surface area contributed by atoms with Gasteiger partial charge < -0.3 is 10.4 Å². The molecule has 0 spiro atoms. The summed E-state index contributed by atoms with van der Waals surface area (Å²) in [6, 6.07) is 14.8. The number of aliphatic hydroxyl groups excluding tert-OH is 1. The molecule has 21 heavy (non-hydrogen) atoms. The van der Waals surface area contributed by atoms with Gasteiger partial charge in [0, 0.05) is 17.7 Å². The van der Waals surface area contributed by atoms with Gasteiger partial charge in [-0.15, -0.1) is 0 Å². The topological polar surface area (TPSA) is 49.3 Å². The fourth-order valence-corrected chi connectivity index (χ4v) is 1.92. The lowest BCUT2D eigenvalue weighted by molar-refractivity contribution is 0.102. The van der Waals surface area contributed by atoms with Gasteiger partial charge in [-0.3, -0.25) is 4.79 Å². The first-order chi connectivity index (χ1) is 10.2.